The first-order valence-electron chi connectivity index (χ1n) is 9.14. The van der Waals surface area contributed by atoms with Crippen molar-refractivity contribution in [2.45, 2.75) is 25.4 Å². The zero-order valence-electron chi connectivity index (χ0n) is 14.7. The highest BCUT2D eigenvalue weighted by Crippen LogP contribution is 2.20. The van der Waals surface area contributed by atoms with Gasteiger partial charge in [0, 0.05) is 44.3 Å². The van der Waals surface area contributed by atoms with E-state index in [0.717, 1.165) is 43.6 Å². The van der Waals surface area contributed by atoms with Crippen molar-refractivity contribution in [3.63, 3.8) is 0 Å². The Labute approximate surface area is 152 Å². The van der Waals surface area contributed by atoms with Crippen LogP contribution >= 0.6 is 0 Å². The van der Waals surface area contributed by atoms with Gasteiger partial charge in [0.05, 0.1) is 6.26 Å². The maximum absolute atomic E-state index is 12.3. The summed E-state index contributed by atoms with van der Waals surface area (Å²) in [5, 5.41) is 3.03. The molecule has 2 aromatic rings. The minimum atomic E-state index is -0.0478. The van der Waals surface area contributed by atoms with E-state index in [2.05, 4.69) is 10.2 Å². The molecule has 1 saturated carbocycles. The highest BCUT2D eigenvalue weighted by Gasteiger charge is 2.25. The van der Waals surface area contributed by atoms with E-state index in [4.69, 9.17) is 4.42 Å². The predicted octanol–water partition coefficient (Wildman–Crippen LogP) is 2.13. The standard InChI is InChI=1S/C20H23N3O3/c24-19(21-17-6-7-17)16-4-1-3-15(13-16)14-22-8-10-23(11-9-22)20(25)18-5-2-12-26-18/h1-5,12-13,17H,6-11,14H2,(H,21,24). The van der Waals surface area contributed by atoms with Gasteiger partial charge < -0.3 is 14.6 Å². The summed E-state index contributed by atoms with van der Waals surface area (Å²) in [7, 11) is 0. The minimum absolute atomic E-state index is 0.0169. The molecule has 1 N–H and O–H groups in total. The second-order valence-electron chi connectivity index (χ2n) is 6.99. The lowest BCUT2D eigenvalue weighted by molar-refractivity contribution is 0.0597. The molecule has 0 spiro atoms. The number of carbonyl (C=O) groups is 2. The normalized spacial score (nSPS) is 17.9. The Kier molecular flexibility index (Phi) is 4.75. The van der Waals surface area contributed by atoms with Gasteiger partial charge in [0.2, 0.25) is 0 Å². The lowest BCUT2D eigenvalue weighted by atomic mass is 10.1. The van der Waals surface area contributed by atoms with Gasteiger partial charge in [-0.05, 0) is 42.7 Å². The van der Waals surface area contributed by atoms with E-state index in [1.807, 2.05) is 29.2 Å². The Balaban J connectivity index is 1.31. The molecule has 1 saturated heterocycles. The van der Waals surface area contributed by atoms with Crippen molar-refractivity contribution in [1.29, 1.82) is 0 Å². The molecule has 0 unspecified atom stereocenters. The van der Waals surface area contributed by atoms with Gasteiger partial charge in [-0.2, -0.15) is 0 Å². The van der Waals surface area contributed by atoms with Crippen LogP contribution < -0.4 is 5.32 Å². The Bertz CT molecular complexity index is 775. The number of hydrogen-bond donors (Lipinski definition) is 1. The Morgan fingerprint density at radius 1 is 1.08 bits per heavy atom. The lowest BCUT2D eigenvalue weighted by Crippen LogP contribution is -2.48. The van der Waals surface area contributed by atoms with Gasteiger partial charge in [-0.25, -0.2) is 0 Å². The second-order valence-corrected chi connectivity index (χ2v) is 6.99. The summed E-state index contributed by atoms with van der Waals surface area (Å²) < 4.78 is 5.20. The van der Waals surface area contributed by atoms with Gasteiger partial charge in [0.15, 0.2) is 5.76 Å². The topological polar surface area (TPSA) is 65.8 Å². The van der Waals surface area contributed by atoms with Crippen LogP contribution in [-0.4, -0.2) is 53.8 Å². The van der Waals surface area contributed by atoms with Crippen LogP contribution in [-0.2, 0) is 6.54 Å². The molecule has 136 valence electrons. The fourth-order valence-electron chi connectivity index (χ4n) is 3.23. The number of carbonyl (C=O) groups excluding carboxylic acids is 2. The quantitative estimate of drug-likeness (QED) is 0.894. The molecule has 4 rings (SSSR count). The molecular formula is C20H23N3O3. The summed E-state index contributed by atoms with van der Waals surface area (Å²) in [6.07, 6.45) is 3.70. The number of nitrogens with zero attached hydrogens (tertiary/aromatic N) is 2. The highest BCUT2D eigenvalue weighted by molar-refractivity contribution is 5.94. The van der Waals surface area contributed by atoms with Gasteiger partial charge >= 0.3 is 0 Å². The molecule has 6 nitrogen and oxygen atoms in total. The van der Waals surface area contributed by atoms with Gasteiger partial charge in [-0.1, -0.05) is 12.1 Å². The SMILES string of the molecule is O=C(NC1CC1)c1cccc(CN2CCN(C(=O)c3ccco3)CC2)c1. The largest absolute Gasteiger partial charge is 0.459 e. The Morgan fingerprint density at radius 3 is 2.58 bits per heavy atom. The van der Waals surface area contributed by atoms with Crippen molar-refractivity contribution < 1.29 is 14.0 Å². The third-order valence-corrected chi connectivity index (χ3v) is 4.90. The number of furan rings is 1. The Morgan fingerprint density at radius 2 is 1.88 bits per heavy atom. The molecule has 6 heteroatoms. The highest BCUT2D eigenvalue weighted by atomic mass is 16.3. The van der Waals surface area contributed by atoms with Crippen LogP contribution in [0.15, 0.2) is 47.1 Å². The average Bonchev–Trinajstić information content (AvgIpc) is 3.31. The van der Waals surface area contributed by atoms with Crippen LogP contribution in [0.3, 0.4) is 0 Å². The summed E-state index contributed by atoms with van der Waals surface area (Å²) in [5.74, 6) is 0.365. The summed E-state index contributed by atoms with van der Waals surface area (Å²) in [4.78, 5) is 28.6. The molecule has 1 aliphatic heterocycles. The third kappa shape index (κ3) is 3.96. The van der Waals surface area contributed by atoms with Crippen LogP contribution in [0, 0.1) is 0 Å². The maximum atomic E-state index is 12.3. The van der Waals surface area contributed by atoms with E-state index in [1.54, 1.807) is 12.1 Å². The second kappa shape index (κ2) is 7.33. The molecule has 0 bridgehead atoms. The van der Waals surface area contributed by atoms with Gasteiger partial charge in [-0.3, -0.25) is 14.5 Å². The number of piperazine rings is 1. The van der Waals surface area contributed by atoms with Crippen molar-refractivity contribution in [3.05, 3.63) is 59.5 Å². The van der Waals surface area contributed by atoms with Crippen LogP contribution in [0.5, 0.6) is 0 Å². The predicted molar refractivity (Wildman–Crippen MR) is 96.8 cm³/mol. The molecule has 2 heterocycles. The van der Waals surface area contributed by atoms with Gasteiger partial charge in [0.1, 0.15) is 0 Å². The molecule has 2 aliphatic rings. The van der Waals surface area contributed by atoms with E-state index in [0.29, 0.717) is 24.9 Å². The van der Waals surface area contributed by atoms with E-state index in [-0.39, 0.29) is 11.8 Å². The summed E-state index contributed by atoms with van der Waals surface area (Å²) in [5.41, 5.74) is 1.85. The monoisotopic (exact) mass is 353 g/mol. The number of nitrogens with one attached hydrogen (secondary N) is 1. The first kappa shape index (κ1) is 16.8. The van der Waals surface area contributed by atoms with Crippen molar-refractivity contribution >= 4 is 11.8 Å². The first-order valence-corrected chi connectivity index (χ1v) is 9.14. The Hall–Kier alpha value is -2.60. The van der Waals surface area contributed by atoms with Crippen LogP contribution in [0.4, 0.5) is 0 Å². The van der Waals surface area contributed by atoms with Crippen molar-refractivity contribution in [2.75, 3.05) is 26.2 Å². The first-order chi connectivity index (χ1) is 12.7. The minimum Gasteiger partial charge on any atom is -0.459 e. The molecule has 2 fully saturated rings. The molecule has 1 aliphatic carbocycles. The maximum Gasteiger partial charge on any atom is 0.289 e. The van der Waals surface area contributed by atoms with Crippen LogP contribution in [0.25, 0.3) is 0 Å². The van der Waals surface area contributed by atoms with Crippen molar-refractivity contribution in [2.24, 2.45) is 0 Å². The number of benzene rings is 1. The molecule has 0 atom stereocenters. The molecule has 26 heavy (non-hydrogen) atoms. The van der Waals surface area contributed by atoms with Crippen LogP contribution in [0.1, 0.15) is 39.3 Å². The fourth-order valence-corrected chi connectivity index (χ4v) is 3.23. The summed E-state index contributed by atoms with van der Waals surface area (Å²) in [6, 6.07) is 11.6. The van der Waals surface area contributed by atoms with Crippen molar-refractivity contribution in [3.8, 4) is 0 Å². The zero-order valence-corrected chi connectivity index (χ0v) is 14.7. The molecule has 2 amide bonds. The van der Waals surface area contributed by atoms with Crippen LogP contribution in [0.2, 0.25) is 0 Å². The molecule has 1 aromatic heterocycles. The lowest BCUT2D eigenvalue weighted by Gasteiger charge is -2.34. The molecule has 0 radical (unpaired) electrons. The van der Waals surface area contributed by atoms with E-state index in [9.17, 15) is 9.59 Å². The number of rotatable bonds is 5. The zero-order chi connectivity index (χ0) is 17.9. The van der Waals surface area contributed by atoms with Gasteiger partial charge in [0.25, 0.3) is 11.8 Å². The summed E-state index contributed by atoms with van der Waals surface area (Å²) >= 11 is 0. The van der Waals surface area contributed by atoms with E-state index >= 15 is 0 Å². The van der Waals surface area contributed by atoms with E-state index in [1.165, 1.54) is 6.26 Å². The third-order valence-electron chi connectivity index (χ3n) is 4.90. The number of amides is 2. The average molecular weight is 353 g/mol. The number of hydrogen-bond acceptors (Lipinski definition) is 4. The van der Waals surface area contributed by atoms with Gasteiger partial charge in [-0.15, -0.1) is 0 Å². The molecular weight excluding hydrogens is 330 g/mol. The molecule has 1 aromatic carbocycles. The van der Waals surface area contributed by atoms with E-state index < -0.39 is 0 Å². The fraction of sp³-hybridized carbons (Fsp3) is 0.400. The summed E-state index contributed by atoms with van der Waals surface area (Å²) in [6.45, 7) is 3.77. The van der Waals surface area contributed by atoms with Crippen molar-refractivity contribution in [1.82, 2.24) is 15.1 Å². The smallest absolute Gasteiger partial charge is 0.289 e.